The van der Waals surface area contributed by atoms with Crippen molar-refractivity contribution in [3.8, 4) is 0 Å². The summed E-state index contributed by atoms with van der Waals surface area (Å²) in [4.78, 5) is 12.3. The molecule has 1 fully saturated rings. The number of Topliss-reactive ketones (excluding diaryl/α,β-unsaturated/α-hetero) is 1. The van der Waals surface area contributed by atoms with Gasteiger partial charge in [-0.1, -0.05) is 18.6 Å². The lowest BCUT2D eigenvalue weighted by atomic mass is 9.99. The second kappa shape index (κ2) is 4.25. The van der Waals surface area contributed by atoms with E-state index in [0.29, 0.717) is 12.4 Å². The van der Waals surface area contributed by atoms with Crippen molar-refractivity contribution < 1.29 is 13.9 Å². The van der Waals surface area contributed by atoms with E-state index in [9.17, 15) is 4.79 Å². The Labute approximate surface area is 106 Å². The summed E-state index contributed by atoms with van der Waals surface area (Å²) < 4.78 is 11.1. The maximum atomic E-state index is 12.3. The summed E-state index contributed by atoms with van der Waals surface area (Å²) >= 11 is 0. The number of carbonyl (C=O) groups is 1. The maximum absolute atomic E-state index is 12.3. The number of carbonyl (C=O) groups excluding carboxylic acids is 1. The summed E-state index contributed by atoms with van der Waals surface area (Å²) in [7, 11) is 0. The quantitative estimate of drug-likeness (QED) is 0.760. The molecule has 2 unspecified atom stereocenters. The topological polar surface area (TPSA) is 39.4 Å². The third-order valence-corrected chi connectivity index (χ3v) is 3.56. The van der Waals surface area contributed by atoms with Gasteiger partial charge in [0.15, 0.2) is 5.76 Å². The first-order chi connectivity index (χ1) is 8.65. The van der Waals surface area contributed by atoms with Crippen LogP contribution in [0.25, 0.3) is 11.0 Å². The lowest BCUT2D eigenvalue weighted by Gasteiger charge is -2.10. The van der Waals surface area contributed by atoms with Crippen molar-refractivity contribution in [3.05, 3.63) is 35.6 Å². The molecular weight excluding hydrogens is 228 g/mol. The summed E-state index contributed by atoms with van der Waals surface area (Å²) in [6.45, 7) is 4.73. The molecule has 1 aromatic heterocycles. The number of benzene rings is 1. The molecule has 2 atom stereocenters. The number of fused-ring (bicyclic) bond motifs is 1. The Morgan fingerprint density at radius 3 is 2.89 bits per heavy atom. The Kier molecular flexibility index (Phi) is 2.71. The average molecular weight is 244 g/mol. The number of ketones is 1. The van der Waals surface area contributed by atoms with E-state index >= 15 is 0 Å². The van der Waals surface area contributed by atoms with Gasteiger partial charge in [-0.3, -0.25) is 4.79 Å². The smallest absolute Gasteiger partial charge is 0.226 e. The number of rotatable bonds is 2. The van der Waals surface area contributed by atoms with Crippen LogP contribution in [0.15, 0.2) is 28.7 Å². The first kappa shape index (κ1) is 11.5. The SMILES string of the molecule is Cc1ccc2oc(C(=O)C3OCCC3C)cc2c1. The second-order valence-corrected chi connectivity index (χ2v) is 5.07. The molecular formula is C15H16O3. The van der Waals surface area contributed by atoms with E-state index in [4.69, 9.17) is 9.15 Å². The van der Waals surface area contributed by atoms with Gasteiger partial charge >= 0.3 is 0 Å². The van der Waals surface area contributed by atoms with E-state index < -0.39 is 0 Å². The highest BCUT2D eigenvalue weighted by Gasteiger charge is 2.33. The fraction of sp³-hybridized carbons (Fsp3) is 0.400. The summed E-state index contributed by atoms with van der Waals surface area (Å²) in [5.41, 5.74) is 1.92. The fourth-order valence-corrected chi connectivity index (χ4v) is 2.46. The second-order valence-electron chi connectivity index (χ2n) is 5.07. The molecule has 0 saturated carbocycles. The third kappa shape index (κ3) is 1.85. The molecule has 0 amide bonds. The van der Waals surface area contributed by atoms with Crippen molar-refractivity contribution in [1.29, 1.82) is 0 Å². The average Bonchev–Trinajstić information content (AvgIpc) is 2.93. The van der Waals surface area contributed by atoms with E-state index in [0.717, 1.165) is 23.0 Å². The first-order valence-corrected chi connectivity index (χ1v) is 6.31. The molecule has 2 heterocycles. The minimum atomic E-state index is -0.341. The molecule has 0 bridgehead atoms. The van der Waals surface area contributed by atoms with Crippen LogP contribution >= 0.6 is 0 Å². The molecule has 0 spiro atoms. The zero-order chi connectivity index (χ0) is 12.7. The lowest BCUT2D eigenvalue weighted by Crippen LogP contribution is -2.24. The lowest BCUT2D eigenvalue weighted by molar-refractivity contribution is 0.0554. The predicted molar refractivity (Wildman–Crippen MR) is 68.8 cm³/mol. The van der Waals surface area contributed by atoms with Crippen LogP contribution in [-0.4, -0.2) is 18.5 Å². The van der Waals surface area contributed by atoms with Crippen molar-refractivity contribution in [2.24, 2.45) is 5.92 Å². The predicted octanol–water partition coefficient (Wildman–Crippen LogP) is 3.35. The number of aryl methyl sites for hydroxylation is 1. The standard InChI is InChI=1S/C15H16O3/c1-9-3-4-12-11(7-9)8-13(18-12)14(16)15-10(2)5-6-17-15/h3-4,7-8,10,15H,5-6H2,1-2H3. The molecule has 0 aliphatic carbocycles. The number of furan rings is 1. The largest absolute Gasteiger partial charge is 0.453 e. The van der Waals surface area contributed by atoms with Crippen molar-refractivity contribution in [1.82, 2.24) is 0 Å². The molecule has 0 N–H and O–H groups in total. The van der Waals surface area contributed by atoms with E-state index in [-0.39, 0.29) is 17.8 Å². The molecule has 1 aromatic carbocycles. The highest BCUT2D eigenvalue weighted by atomic mass is 16.5. The Hall–Kier alpha value is -1.61. The van der Waals surface area contributed by atoms with Crippen LogP contribution in [0.2, 0.25) is 0 Å². The van der Waals surface area contributed by atoms with E-state index in [1.165, 1.54) is 0 Å². The van der Waals surface area contributed by atoms with Crippen LogP contribution in [-0.2, 0) is 4.74 Å². The van der Waals surface area contributed by atoms with Gasteiger partial charge in [0, 0.05) is 12.0 Å². The summed E-state index contributed by atoms with van der Waals surface area (Å²) in [6.07, 6.45) is 0.599. The molecule has 1 aliphatic rings. The minimum absolute atomic E-state index is 0.0335. The number of ether oxygens (including phenoxy) is 1. The zero-order valence-electron chi connectivity index (χ0n) is 10.6. The molecule has 18 heavy (non-hydrogen) atoms. The monoisotopic (exact) mass is 244 g/mol. The van der Waals surface area contributed by atoms with E-state index in [1.807, 2.05) is 38.1 Å². The third-order valence-electron chi connectivity index (χ3n) is 3.56. The van der Waals surface area contributed by atoms with Crippen LogP contribution in [0.3, 0.4) is 0 Å². The molecule has 3 heteroatoms. The van der Waals surface area contributed by atoms with E-state index in [2.05, 4.69) is 0 Å². The van der Waals surface area contributed by atoms with Crippen LogP contribution in [0, 0.1) is 12.8 Å². The van der Waals surface area contributed by atoms with Crippen LogP contribution in [0.4, 0.5) is 0 Å². The Morgan fingerprint density at radius 1 is 1.33 bits per heavy atom. The van der Waals surface area contributed by atoms with Gasteiger partial charge in [-0.25, -0.2) is 0 Å². The molecule has 1 aliphatic heterocycles. The van der Waals surface area contributed by atoms with Crippen LogP contribution in [0.1, 0.15) is 29.5 Å². The molecule has 3 rings (SSSR count). The summed E-state index contributed by atoms with van der Waals surface area (Å²) in [5.74, 6) is 0.649. The highest BCUT2D eigenvalue weighted by Crippen LogP contribution is 2.27. The molecule has 94 valence electrons. The van der Waals surface area contributed by atoms with Gasteiger partial charge in [0.25, 0.3) is 0 Å². The van der Waals surface area contributed by atoms with Crippen molar-refractivity contribution in [2.45, 2.75) is 26.4 Å². The first-order valence-electron chi connectivity index (χ1n) is 6.31. The normalized spacial score (nSPS) is 23.7. The number of hydrogen-bond donors (Lipinski definition) is 0. The molecule has 2 aromatic rings. The molecule has 3 nitrogen and oxygen atoms in total. The van der Waals surface area contributed by atoms with Crippen molar-refractivity contribution >= 4 is 16.8 Å². The van der Waals surface area contributed by atoms with Crippen molar-refractivity contribution in [3.63, 3.8) is 0 Å². The van der Waals surface area contributed by atoms with E-state index in [1.54, 1.807) is 0 Å². The summed E-state index contributed by atoms with van der Waals surface area (Å²) in [5, 5.41) is 0.976. The van der Waals surface area contributed by atoms with Crippen molar-refractivity contribution in [2.75, 3.05) is 6.61 Å². The van der Waals surface area contributed by atoms with Gasteiger partial charge in [-0.15, -0.1) is 0 Å². The Balaban J connectivity index is 1.96. The zero-order valence-corrected chi connectivity index (χ0v) is 10.6. The highest BCUT2D eigenvalue weighted by molar-refractivity contribution is 6.00. The Bertz CT molecular complexity index is 597. The fourth-order valence-electron chi connectivity index (χ4n) is 2.46. The molecule has 0 radical (unpaired) electrons. The van der Waals surface area contributed by atoms with Crippen LogP contribution in [0.5, 0.6) is 0 Å². The summed E-state index contributed by atoms with van der Waals surface area (Å²) in [6, 6.07) is 7.72. The maximum Gasteiger partial charge on any atom is 0.226 e. The van der Waals surface area contributed by atoms with Gasteiger partial charge in [0.1, 0.15) is 11.7 Å². The van der Waals surface area contributed by atoms with Gasteiger partial charge in [-0.05, 0) is 37.5 Å². The van der Waals surface area contributed by atoms with Crippen LogP contribution < -0.4 is 0 Å². The molecule has 1 saturated heterocycles. The van der Waals surface area contributed by atoms with Gasteiger partial charge in [-0.2, -0.15) is 0 Å². The van der Waals surface area contributed by atoms with Gasteiger partial charge in [0.2, 0.25) is 5.78 Å². The Morgan fingerprint density at radius 2 is 2.17 bits per heavy atom. The number of hydrogen-bond acceptors (Lipinski definition) is 3. The van der Waals surface area contributed by atoms with Gasteiger partial charge < -0.3 is 9.15 Å². The minimum Gasteiger partial charge on any atom is -0.453 e. The van der Waals surface area contributed by atoms with Gasteiger partial charge in [0.05, 0.1) is 0 Å².